The van der Waals surface area contributed by atoms with E-state index in [1.165, 1.54) is 12.1 Å². The molecule has 6 heteroatoms. The van der Waals surface area contributed by atoms with Crippen LogP contribution in [0.3, 0.4) is 0 Å². The first-order valence-corrected chi connectivity index (χ1v) is 5.18. The summed E-state index contributed by atoms with van der Waals surface area (Å²) in [5, 5.41) is 3.71. The van der Waals surface area contributed by atoms with Gasteiger partial charge in [0.2, 0.25) is 11.7 Å². The molecule has 2 aromatic rings. The molecule has 1 heterocycles. The highest BCUT2D eigenvalue weighted by Crippen LogP contribution is 2.13. The monoisotopic (exact) mass is 237 g/mol. The predicted octanol–water partition coefficient (Wildman–Crippen LogP) is 1.29. The molecule has 90 valence electrons. The fraction of sp³-hybridized carbons (Fsp3) is 0.273. The SMILES string of the molecule is NCCc1nc(COc2cccc(F)c2)no1. The fourth-order valence-corrected chi connectivity index (χ4v) is 1.28. The molecule has 2 rings (SSSR count). The molecular weight excluding hydrogens is 225 g/mol. The summed E-state index contributed by atoms with van der Waals surface area (Å²) < 4.78 is 23.1. The lowest BCUT2D eigenvalue weighted by atomic mass is 10.3. The highest BCUT2D eigenvalue weighted by atomic mass is 19.1. The lowest BCUT2D eigenvalue weighted by Crippen LogP contribution is -2.03. The normalized spacial score (nSPS) is 10.5. The van der Waals surface area contributed by atoms with Crippen LogP contribution in [0.2, 0.25) is 0 Å². The Bertz CT molecular complexity index is 487. The average Bonchev–Trinajstić information content (AvgIpc) is 2.75. The van der Waals surface area contributed by atoms with Crippen LogP contribution in [0, 0.1) is 5.82 Å². The Morgan fingerprint density at radius 3 is 3.06 bits per heavy atom. The molecule has 0 amide bonds. The minimum atomic E-state index is -0.348. The van der Waals surface area contributed by atoms with Crippen LogP contribution in [0.25, 0.3) is 0 Å². The smallest absolute Gasteiger partial charge is 0.228 e. The Labute approximate surface area is 97.4 Å². The molecule has 1 aromatic carbocycles. The molecule has 0 aliphatic rings. The summed E-state index contributed by atoms with van der Waals surface area (Å²) in [7, 11) is 0. The summed E-state index contributed by atoms with van der Waals surface area (Å²) in [5.41, 5.74) is 5.35. The predicted molar refractivity (Wildman–Crippen MR) is 57.8 cm³/mol. The van der Waals surface area contributed by atoms with Crippen molar-refractivity contribution < 1.29 is 13.7 Å². The second-order valence-electron chi connectivity index (χ2n) is 3.39. The summed E-state index contributed by atoms with van der Waals surface area (Å²) in [5.74, 6) is 0.970. The Morgan fingerprint density at radius 1 is 1.41 bits per heavy atom. The van der Waals surface area contributed by atoms with Crippen molar-refractivity contribution in [3.05, 3.63) is 41.8 Å². The van der Waals surface area contributed by atoms with Gasteiger partial charge in [-0.15, -0.1) is 0 Å². The third-order valence-corrected chi connectivity index (χ3v) is 2.03. The van der Waals surface area contributed by atoms with E-state index in [1.807, 2.05) is 0 Å². The van der Waals surface area contributed by atoms with Crippen molar-refractivity contribution in [1.82, 2.24) is 10.1 Å². The van der Waals surface area contributed by atoms with E-state index in [0.717, 1.165) is 0 Å². The number of aromatic nitrogens is 2. The van der Waals surface area contributed by atoms with Crippen molar-refractivity contribution in [2.75, 3.05) is 6.54 Å². The fourth-order valence-electron chi connectivity index (χ4n) is 1.28. The number of ether oxygens (including phenoxy) is 1. The van der Waals surface area contributed by atoms with Gasteiger partial charge >= 0.3 is 0 Å². The first-order chi connectivity index (χ1) is 8.28. The van der Waals surface area contributed by atoms with Gasteiger partial charge in [0, 0.05) is 19.0 Å². The number of nitrogens with two attached hydrogens (primary N) is 1. The van der Waals surface area contributed by atoms with Crippen LogP contribution in [-0.2, 0) is 13.0 Å². The van der Waals surface area contributed by atoms with Crippen LogP contribution in [0.4, 0.5) is 4.39 Å². The van der Waals surface area contributed by atoms with E-state index in [1.54, 1.807) is 12.1 Å². The van der Waals surface area contributed by atoms with Crippen molar-refractivity contribution in [1.29, 1.82) is 0 Å². The third kappa shape index (κ3) is 3.25. The van der Waals surface area contributed by atoms with Crippen LogP contribution in [0.5, 0.6) is 5.75 Å². The number of nitrogens with zero attached hydrogens (tertiary/aromatic N) is 2. The first-order valence-electron chi connectivity index (χ1n) is 5.18. The standard InChI is InChI=1S/C11H12FN3O2/c12-8-2-1-3-9(6-8)16-7-10-14-11(4-5-13)17-15-10/h1-3,6H,4-5,7,13H2. The van der Waals surface area contributed by atoms with Gasteiger partial charge in [-0.1, -0.05) is 11.2 Å². The van der Waals surface area contributed by atoms with E-state index < -0.39 is 0 Å². The Morgan fingerprint density at radius 2 is 2.29 bits per heavy atom. The van der Waals surface area contributed by atoms with E-state index in [2.05, 4.69) is 10.1 Å². The number of rotatable bonds is 5. The lowest BCUT2D eigenvalue weighted by molar-refractivity contribution is 0.284. The van der Waals surface area contributed by atoms with Gasteiger partial charge in [-0.25, -0.2) is 4.39 Å². The van der Waals surface area contributed by atoms with E-state index in [-0.39, 0.29) is 12.4 Å². The van der Waals surface area contributed by atoms with Gasteiger partial charge < -0.3 is 15.0 Å². The van der Waals surface area contributed by atoms with Crippen molar-refractivity contribution in [2.45, 2.75) is 13.0 Å². The average molecular weight is 237 g/mol. The van der Waals surface area contributed by atoms with E-state index in [0.29, 0.717) is 30.4 Å². The molecule has 0 saturated heterocycles. The Kier molecular flexibility index (Phi) is 3.66. The number of halogens is 1. The maximum absolute atomic E-state index is 12.9. The van der Waals surface area contributed by atoms with Crippen molar-refractivity contribution in [3.8, 4) is 5.75 Å². The van der Waals surface area contributed by atoms with Gasteiger partial charge in [0.25, 0.3) is 0 Å². The molecule has 0 radical (unpaired) electrons. The highest BCUT2D eigenvalue weighted by molar-refractivity contribution is 5.22. The second kappa shape index (κ2) is 5.40. The van der Waals surface area contributed by atoms with Crippen molar-refractivity contribution in [3.63, 3.8) is 0 Å². The van der Waals surface area contributed by atoms with Crippen molar-refractivity contribution >= 4 is 0 Å². The van der Waals surface area contributed by atoms with Gasteiger partial charge in [0.15, 0.2) is 6.61 Å². The summed E-state index contributed by atoms with van der Waals surface area (Å²) >= 11 is 0. The molecule has 0 bridgehead atoms. The molecule has 0 aliphatic heterocycles. The van der Waals surface area contributed by atoms with E-state index >= 15 is 0 Å². The molecule has 0 atom stereocenters. The maximum atomic E-state index is 12.9. The molecule has 0 saturated carbocycles. The van der Waals surface area contributed by atoms with Crippen LogP contribution in [-0.4, -0.2) is 16.7 Å². The van der Waals surface area contributed by atoms with E-state index in [9.17, 15) is 4.39 Å². The largest absolute Gasteiger partial charge is 0.485 e. The van der Waals surface area contributed by atoms with Crippen LogP contribution >= 0.6 is 0 Å². The second-order valence-corrected chi connectivity index (χ2v) is 3.39. The van der Waals surface area contributed by atoms with Crippen LogP contribution in [0.15, 0.2) is 28.8 Å². The van der Waals surface area contributed by atoms with Gasteiger partial charge in [0.05, 0.1) is 0 Å². The quantitative estimate of drug-likeness (QED) is 0.848. The molecule has 1 aromatic heterocycles. The summed E-state index contributed by atoms with van der Waals surface area (Å²) in [6.07, 6.45) is 0.535. The maximum Gasteiger partial charge on any atom is 0.228 e. The third-order valence-electron chi connectivity index (χ3n) is 2.03. The molecule has 0 fully saturated rings. The van der Waals surface area contributed by atoms with E-state index in [4.69, 9.17) is 15.0 Å². The Balaban J connectivity index is 1.93. The molecule has 0 unspecified atom stereocenters. The van der Waals surface area contributed by atoms with Gasteiger partial charge in [-0.05, 0) is 12.1 Å². The van der Waals surface area contributed by atoms with Crippen molar-refractivity contribution in [2.24, 2.45) is 5.73 Å². The Hall–Kier alpha value is -1.95. The summed E-state index contributed by atoms with van der Waals surface area (Å²) in [6.45, 7) is 0.587. The molecule has 0 spiro atoms. The number of benzene rings is 1. The first kappa shape index (κ1) is 11.5. The minimum Gasteiger partial charge on any atom is -0.485 e. The highest BCUT2D eigenvalue weighted by Gasteiger charge is 2.06. The zero-order chi connectivity index (χ0) is 12.1. The molecule has 0 aliphatic carbocycles. The summed E-state index contributed by atoms with van der Waals surface area (Å²) in [4.78, 5) is 4.06. The number of hydrogen-bond acceptors (Lipinski definition) is 5. The van der Waals surface area contributed by atoms with Crippen LogP contribution in [0.1, 0.15) is 11.7 Å². The molecule has 5 nitrogen and oxygen atoms in total. The van der Waals surface area contributed by atoms with Gasteiger partial charge in [0.1, 0.15) is 11.6 Å². The molecule has 2 N–H and O–H groups in total. The van der Waals surface area contributed by atoms with Gasteiger partial charge in [-0.2, -0.15) is 4.98 Å². The van der Waals surface area contributed by atoms with Crippen LogP contribution < -0.4 is 10.5 Å². The molecule has 17 heavy (non-hydrogen) atoms. The lowest BCUT2D eigenvalue weighted by Gasteiger charge is -2.02. The zero-order valence-corrected chi connectivity index (χ0v) is 9.10. The summed E-state index contributed by atoms with van der Waals surface area (Å²) in [6, 6.07) is 5.87. The minimum absolute atomic E-state index is 0.136. The molecular formula is C11H12FN3O2. The zero-order valence-electron chi connectivity index (χ0n) is 9.10. The topological polar surface area (TPSA) is 74.2 Å². The number of hydrogen-bond donors (Lipinski definition) is 1. The van der Waals surface area contributed by atoms with Gasteiger partial charge in [-0.3, -0.25) is 0 Å².